The van der Waals surface area contributed by atoms with E-state index in [9.17, 15) is 0 Å². The van der Waals surface area contributed by atoms with Crippen molar-refractivity contribution in [3.05, 3.63) is 36.4 Å². The summed E-state index contributed by atoms with van der Waals surface area (Å²) in [6.07, 6.45) is 4.26. The van der Waals surface area contributed by atoms with E-state index in [1.807, 2.05) is 57.5 Å². The van der Waals surface area contributed by atoms with Gasteiger partial charge in [0.2, 0.25) is 0 Å². The van der Waals surface area contributed by atoms with Crippen LogP contribution < -0.4 is 0 Å². The van der Waals surface area contributed by atoms with Gasteiger partial charge in [-0.05, 0) is 48.9 Å². The second-order valence-electron chi connectivity index (χ2n) is 3.81. The Hall–Kier alpha value is -0.200. The number of hydrogen-bond donors (Lipinski definition) is 0. The summed E-state index contributed by atoms with van der Waals surface area (Å²) in [4.78, 5) is 5.50. The molecule has 3 aromatic rings. The maximum Gasteiger partial charge on any atom is 0.0602 e. The van der Waals surface area contributed by atoms with E-state index in [1.54, 1.807) is 0 Å². The molecule has 3 heterocycles. The van der Waals surface area contributed by atoms with E-state index in [-0.39, 0.29) is 0 Å². The molecule has 0 unspecified atom stereocenters. The zero-order valence-corrected chi connectivity index (χ0v) is 14.6. The average Bonchev–Trinajstić information content (AvgIpc) is 3.16. The second-order valence-corrected chi connectivity index (χ2v) is 9.27. The van der Waals surface area contributed by atoms with E-state index in [4.69, 9.17) is 0 Å². The van der Waals surface area contributed by atoms with Crippen LogP contribution in [0.1, 0.15) is 0 Å². The highest BCUT2D eigenvalue weighted by atomic mass is 32.2. The lowest BCUT2D eigenvalue weighted by Crippen LogP contribution is -1.57. The third-order valence-electron chi connectivity index (χ3n) is 2.66. The third-order valence-corrected chi connectivity index (χ3v) is 8.47. The van der Waals surface area contributed by atoms with Gasteiger partial charge in [-0.2, -0.15) is 0 Å². The molecule has 0 saturated heterocycles. The van der Waals surface area contributed by atoms with Gasteiger partial charge in [0.1, 0.15) is 0 Å². The van der Waals surface area contributed by atoms with Gasteiger partial charge in [0.25, 0.3) is 0 Å². The summed E-state index contributed by atoms with van der Waals surface area (Å²) in [5.41, 5.74) is 0. The Balaban J connectivity index is 1.90. The van der Waals surface area contributed by atoms with Crippen molar-refractivity contribution in [2.24, 2.45) is 0 Å². The van der Waals surface area contributed by atoms with Crippen molar-refractivity contribution >= 4 is 57.5 Å². The molecule has 0 aliphatic carbocycles. The van der Waals surface area contributed by atoms with Crippen LogP contribution in [0.5, 0.6) is 0 Å². The monoisotopic (exact) mass is 340 g/mol. The van der Waals surface area contributed by atoms with Crippen LogP contribution in [0, 0.1) is 0 Å². The highest BCUT2D eigenvalue weighted by Crippen LogP contribution is 2.42. The van der Waals surface area contributed by atoms with Gasteiger partial charge in [0.15, 0.2) is 0 Å². The van der Waals surface area contributed by atoms with Crippen LogP contribution >= 0.6 is 57.5 Å². The molecule has 0 N–H and O–H groups in total. The standard InChI is InChI=1S/C14H12S5/c1-15-13-7-5-11(18-13)9-3-4-10(17-9)12-6-8-14(16-2)19-12/h3-8H,1-2H3. The zero-order chi connectivity index (χ0) is 13.2. The molecule has 0 aromatic carbocycles. The summed E-state index contributed by atoms with van der Waals surface area (Å²) in [6, 6.07) is 13.4. The molecule has 0 nitrogen and oxygen atoms in total. The lowest BCUT2D eigenvalue weighted by Gasteiger charge is -1.91. The second kappa shape index (κ2) is 6.06. The fraction of sp³-hybridized carbons (Fsp3) is 0.143. The lowest BCUT2D eigenvalue weighted by atomic mass is 10.3. The average molecular weight is 341 g/mol. The fourth-order valence-electron chi connectivity index (χ4n) is 1.73. The summed E-state index contributed by atoms with van der Waals surface area (Å²) in [5, 5.41) is 0. The van der Waals surface area contributed by atoms with Crippen LogP contribution in [0.3, 0.4) is 0 Å². The third kappa shape index (κ3) is 2.95. The number of thioether (sulfide) groups is 2. The van der Waals surface area contributed by atoms with Crippen molar-refractivity contribution in [1.82, 2.24) is 0 Å². The minimum atomic E-state index is 1.37. The van der Waals surface area contributed by atoms with E-state index in [0.717, 1.165) is 0 Å². The van der Waals surface area contributed by atoms with Crippen molar-refractivity contribution in [1.29, 1.82) is 0 Å². The Labute approximate surface area is 133 Å². The molecule has 3 rings (SSSR count). The highest BCUT2D eigenvalue weighted by Gasteiger charge is 2.09. The topological polar surface area (TPSA) is 0 Å². The summed E-state index contributed by atoms with van der Waals surface area (Å²) < 4.78 is 2.76. The summed E-state index contributed by atoms with van der Waals surface area (Å²) in [5.74, 6) is 0. The van der Waals surface area contributed by atoms with E-state index < -0.39 is 0 Å². The van der Waals surface area contributed by atoms with Crippen LogP contribution in [0.4, 0.5) is 0 Å². The van der Waals surface area contributed by atoms with Gasteiger partial charge in [-0.15, -0.1) is 57.5 Å². The van der Waals surface area contributed by atoms with Crippen molar-refractivity contribution in [2.45, 2.75) is 8.42 Å². The molecule has 98 valence electrons. The van der Waals surface area contributed by atoms with E-state index in [2.05, 4.69) is 48.9 Å². The minimum absolute atomic E-state index is 1.37. The number of rotatable bonds is 4. The Morgan fingerprint density at radius 1 is 0.579 bits per heavy atom. The van der Waals surface area contributed by atoms with Gasteiger partial charge in [-0.1, -0.05) is 0 Å². The van der Waals surface area contributed by atoms with Crippen molar-refractivity contribution < 1.29 is 0 Å². The van der Waals surface area contributed by atoms with Gasteiger partial charge >= 0.3 is 0 Å². The quantitative estimate of drug-likeness (QED) is 0.488. The highest BCUT2D eigenvalue weighted by molar-refractivity contribution is 8.00. The molecule has 0 aliphatic heterocycles. The number of hydrogen-bond acceptors (Lipinski definition) is 5. The molecule has 0 amide bonds. The molecule has 0 atom stereocenters. The first-order valence-corrected chi connectivity index (χ1v) is 10.6. The first-order chi connectivity index (χ1) is 9.30. The molecule has 0 bridgehead atoms. The molecular weight excluding hydrogens is 328 g/mol. The summed E-state index contributed by atoms with van der Waals surface area (Å²) in [7, 11) is 0. The molecule has 0 fully saturated rings. The predicted molar refractivity (Wildman–Crippen MR) is 94.5 cm³/mol. The van der Waals surface area contributed by atoms with Crippen LogP contribution in [-0.4, -0.2) is 12.5 Å². The van der Waals surface area contributed by atoms with E-state index in [0.29, 0.717) is 0 Å². The summed E-state index contributed by atoms with van der Waals surface area (Å²) in [6.45, 7) is 0. The molecule has 3 aromatic heterocycles. The molecule has 0 saturated carbocycles. The Morgan fingerprint density at radius 3 is 1.32 bits per heavy atom. The molecular formula is C14H12S5. The SMILES string of the molecule is CSc1ccc(-c2ccc(-c3ccc(SC)s3)s2)s1. The first-order valence-electron chi connectivity index (χ1n) is 5.68. The van der Waals surface area contributed by atoms with Gasteiger partial charge < -0.3 is 0 Å². The van der Waals surface area contributed by atoms with Gasteiger partial charge in [0, 0.05) is 19.5 Å². The molecule has 0 spiro atoms. The molecule has 5 heteroatoms. The normalized spacial score (nSPS) is 11.1. The van der Waals surface area contributed by atoms with E-state index >= 15 is 0 Å². The minimum Gasteiger partial charge on any atom is -0.134 e. The Kier molecular flexibility index (Phi) is 4.39. The lowest BCUT2D eigenvalue weighted by molar-refractivity contribution is 1.74. The molecule has 0 aliphatic rings. The van der Waals surface area contributed by atoms with Gasteiger partial charge in [-0.3, -0.25) is 0 Å². The Morgan fingerprint density at radius 2 is 0.947 bits per heavy atom. The maximum absolute atomic E-state index is 2.24. The van der Waals surface area contributed by atoms with Crippen LogP contribution in [0.15, 0.2) is 44.8 Å². The van der Waals surface area contributed by atoms with Crippen LogP contribution in [-0.2, 0) is 0 Å². The first kappa shape index (κ1) is 13.8. The van der Waals surface area contributed by atoms with E-state index in [1.165, 1.54) is 27.9 Å². The van der Waals surface area contributed by atoms with Gasteiger partial charge in [0.05, 0.1) is 8.42 Å². The molecule has 19 heavy (non-hydrogen) atoms. The van der Waals surface area contributed by atoms with Crippen LogP contribution in [0.25, 0.3) is 19.5 Å². The smallest absolute Gasteiger partial charge is 0.0602 e. The largest absolute Gasteiger partial charge is 0.134 e. The van der Waals surface area contributed by atoms with Crippen molar-refractivity contribution in [3.63, 3.8) is 0 Å². The van der Waals surface area contributed by atoms with Crippen molar-refractivity contribution in [2.75, 3.05) is 12.5 Å². The van der Waals surface area contributed by atoms with Crippen LogP contribution in [0.2, 0.25) is 0 Å². The predicted octanol–water partition coefficient (Wildman–Crippen LogP) is 6.65. The van der Waals surface area contributed by atoms with Gasteiger partial charge in [-0.25, -0.2) is 0 Å². The zero-order valence-electron chi connectivity index (χ0n) is 10.5. The van der Waals surface area contributed by atoms with Crippen molar-refractivity contribution in [3.8, 4) is 19.5 Å². The summed E-state index contributed by atoms with van der Waals surface area (Å²) >= 11 is 9.28. The fourth-order valence-corrected chi connectivity index (χ4v) is 6.00. The maximum atomic E-state index is 2.24. The number of thiophene rings is 3. The molecule has 0 radical (unpaired) electrons. The Bertz CT molecular complexity index is 617.